The summed E-state index contributed by atoms with van der Waals surface area (Å²) in [7, 11) is 0. The van der Waals surface area contributed by atoms with Crippen LogP contribution in [-0.4, -0.2) is 25.9 Å². The maximum atomic E-state index is 5.57. The van der Waals surface area contributed by atoms with Gasteiger partial charge in [-0.2, -0.15) is 0 Å². The minimum absolute atomic E-state index is 0.305. The van der Waals surface area contributed by atoms with Gasteiger partial charge in [-0.3, -0.25) is 0 Å². The molecule has 0 N–H and O–H groups in total. The van der Waals surface area contributed by atoms with E-state index in [1.54, 1.807) is 0 Å². The molecule has 0 saturated heterocycles. The number of terminal acetylenes is 1. The van der Waals surface area contributed by atoms with Crippen LogP contribution in [0.5, 0.6) is 0 Å². The first kappa shape index (κ1) is 22.7. The highest BCUT2D eigenvalue weighted by Crippen LogP contribution is 2.12. The van der Waals surface area contributed by atoms with Gasteiger partial charge in [0, 0.05) is 12.2 Å². The molecule has 1 rings (SSSR count). The molecule has 0 bridgehead atoms. The van der Waals surface area contributed by atoms with Crippen LogP contribution in [0, 0.1) is 12.3 Å². The van der Waals surface area contributed by atoms with Gasteiger partial charge in [0.15, 0.2) is 0 Å². The summed E-state index contributed by atoms with van der Waals surface area (Å²) in [6.45, 7) is 6.43. The molecule has 0 aliphatic rings. The van der Waals surface area contributed by atoms with Gasteiger partial charge in [-0.05, 0) is 50.8 Å². The lowest BCUT2D eigenvalue weighted by molar-refractivity contribution is 0.0186. The summed E-state index contributed by atoms with van der Waals surface area (Å²) >= 11 is 0. The molecule has 0 saturated carbocycles. The quantitative estimate of drug-likeness (QED) is 0.260. The summed E-state index contributed by atoms with van der Waals surface area (Å²) in [5, 5.41) is 0. The van der Waals surface area contributed by atoms with Crippen molar-refractivity contribution < 1.29 is 9.47 Å². The monoisotopic (exact) mass is 358 g/mol. The Labute approximate surface area is 161 Å². The van der Waals surface area contributed by atoms with Crippen molar-refractivity contribution in [3.8, 4) is 12.3 Å². The first-order valence-corrected chi connectivity index (χ1v) is 10.5. The fraction of sp³-hybridized carbons (Fsp3) is 0.667. The topological polar surface area (TPSA) is 18.5 Å². The summed E-state index contributed by atoms with van der Waals surface area (Å²) in [6.07, 6.45) is 18.8. The van der Waals surface area contributed by atoms with Gasteiger partial charge in [0.2, 0.25) is 0 Å². The molecule has 0 amide bonds. The van der Waals surface area contributed by atoms with Crippen LogP contribution >= 0.6 is 0 Å². The van der Waals surface area contributed by atoms with E-state index in [1.165, 1.54) is 69.8 Å². The molecule has 0 fully saturated rings. The minimum atomic E-state index is 0.305. The van der Waals surface area contributed by atoms with Gasteiger partial charge in [-0.1, -0.05) is 63.0 Å². The first-order chi connectivity index (χ1) is 12.7. The predicted molar refractivity (Wildman–Crippen MR) is 112 cm³/mol. The first-order valence-electron chi connectivity index (χ1n) is 10.5. The Hall–Kier alpha value is -1.30. The second-order valence-corrected chi connectivity index (χ2v) is 7.31. The highest BCUT2D eigenvalue weighted by Gasteiger charge is 1.97. The van der Waals surface area contributed by atoms with Crippen molar-refractivity contribution in [3.05, 3.63) is 35.4 Å². The molecular weight excluding hydrogens is 320 g/mol. The summed E-state index contributed by atoms with van der Waals surface area (Å²) < 4.78 is 11.0. The van der Waals surface area contributed by atoms with E-state index in [0.717, 1.165) is 18.8 Å². The highest BCUT2D eigenvalue weighted by atomic mass is 16.5. The fourth-order valence-corrected chi connectivity index (χ4v) is 2.98. The highest BCUT2D eigenvalue weighted by molar-refractivity contribution is 5.34. The van der Waals surface area contributed by atoms with Gasteiger partial charge in [-0.25, -0.2) is 0 Å². The number of aryl methyl sites for hydroxylation is 1. The van der Waals surface area contributed by atoms with Crippen LogP contribution < -0.4 is 0 Å². The van der Waals surface area contributed by atoms with E-state index in [-0.39, 0.29) is 0 Å². The van der Waals surface area contributed by atoms with Crippen LogP contribution in [0.3, 0.4) is 0 Å². The van der Waals surface area contributed by atoms with E-state index in [9.17, 15) is 0 Å². The Bertz CT molecular complexity index is 470. The van der Waals surface area contributed by atoms with E-state index >= 15 is 0 Å². The van der Waals surface area contributed by atoms with Crippen LogP contribution in [0.15, 0.2) is 24.3 Å². The van der Waals surface area contributed by atoms with Crippen molar-refractivity contribution in [3.63, 3.8) is 0 Å². The van der Waals surface area contributed by atoms with Gasteiger partial charge in [0.25, 0.3) is 0 Å². The van der Waals surface area contributed by atoms with Crippen molar-refractivity contribution in [1.82, 2.24) is 0 Å². The third kappa shape index (κ3) is 13.0. The number of hydrogen-bond donors (Lipinski definition) is 0. The third-order valence-electron chi connectivity index (χ3n) is 4.55. The van der Waals surface area contributed by atoms with Crippen LogP contribution in [0.4, 0.5) is 0 Å². The Morgan fingerprint density at radius 2 is 1.35 bits per heavy atom. The largest absolute Gasteiger partial charge is 0.379 e. The van der Waals surface area contributed by atoms with E-state index in [4.69, 9.17) is 15.9 Å². The van der Waals surface area contributed by atoms with Crippen LogP contribution in [0.2, 0.25) is 0 Å². The van der Waals surface area contributed by atoms with Gasteiger partial charge in [-0.15, -0.1) is 6.42 Å². The molecule has 0 aliphatic carbocycles. The fourth-order valence-electron chi connectivity index (χ4n) is 2.98. The molecule has 0 unspecified atom stereocenters. The van der Waals surface area contributed by atoms with Crippen molar-refractivity contribution >= 4 is 0 Å². The van der Waals surface area contributed by atoms with Gasteiger partial charge in [0.1, 0.15) is 0 Å². The van der Waals surface area contributed by atoms with Crippen LogP contribution in [0.1, 0.15) is 82.8 Å². The molecule has 0 heterocycles. The molecule has 0 aliphatic heterocycles. The number of ether oxygens (including phenoxy) is 2. The number of unbranched alkanes of at least 4 members (excludes halogenated alkanes) is 8. The van der Waals surface area contributed by atoms with E-state index in [0.29, 0.717) is 12.7 Å². The maximum Gasteiger partial charge on any atom is 0.0703 e. The van der Waals surface area contributed by atoms with Crippen molar-refractivity contribution in [2.75, 3.05) is 19.8 Å². The maximum absolute atomic E-state index is 5.57. The third-order valence-corrected chi connectivity index (χ3v) is 4.55. The van der Waals surface area contributed by atoms with Gasteiger partial charge >= 0.3 is 0 Å². The van der Waals surface area contributed by atoms with Gasteiger partial charge in [0.05, 0.1) is 19.3 Å². The zero-order valence-electron chi connectivity index (χ0n) is 17.0. The molecule has 0 radical (unpaired) electrons. The standard InChI is InChI=1S/C24H38O2/c1-4-23-15-17-24(18-16-23)14-12-10-8-6-5-7-9-11-13-19-25-20-21-26-22(2)3/h1,15-18,22H,5-14,19-21H2,2-3H3. The van der Waals surface area contributed by atoms with Crippen molar-refractivity contribution in [2.45, 2.75) is 84.2 Å². The van der Waals surface area contributed by atoms with Gasteiger partial charge < -0.3 is 9.47 Å². The zero-order chi connectivity index (χ0) is 18.9. The lowest BCUT2D eigenvalue weighted by atomic mass is 10.0. The van der Waals surface area contributed by atoms with E-state index in [2.05, 4.69) is 31.9 Å². The number of rotatable bonds is 16. The Morgan fingerprint density at radius 1 is 0.769 bits per heavy atom. The molecule has 0 atom stereocenters. The normalized spacial score (nSPS) is 11.0. The lowest BCUT2D eigenvalue weighted by Crippen LogP contribution is -2.10. The summed E-state index contributed by atoms with van der Waals surface area (Å²) in [4.78, 5) is 0. The Balaban J connectivity index is 1.79. The number of hydrogen-bond acceptors (Lipinski definition) is 2. The molecule has 26 heavy (non-hydrogen) atoms. The van der Waals surface area contributed by atoms with Crippen molar-refractivity contribution in [2.24, 2.45) is 0 Å². The average molecular weight is 359 g/mol. The summed E-state index contributed by atoms with van der Waals surface area (Å²) in [6, 6.07) is 8.41. The Morgan fingerprint density at radius 3 is 1.92 bits per heavy atom. The lowest BCUT2D eigenvalue weighted by Gasteiger charge is -2.08. The van der Waals surface area contributed by atoms with Crippen LogP contribution in [0.25, 0.3) is 0 Å². The van der Waals surface area contributed by atoms with E-state index < -0.39 is 0 Å². The zero-order valence-corrected chi connectivity index (χ0v) is 17.0. The molecule has 0 aromatic heterocycles. The van der Waals surface area contributed by atoms with E-state index in [1.807, 2.05) is 12.1 Å². The molecule has 146 valence electrons. The molecule has 0 spiro atoms. The molecule has 1 aromatic carbocycles. The summed E-state index contributed by atoms with van der Waals surface area (Å²) in [5.74, 6) is 2.67. The smallest absolute Gasteiger partial charge is 0.0703 e. The Kier molecular flexibility index (Phi) is 13.9. The predicted octanol–water partition coefficient (Wildman–Crippen LogP) is 6.16. The number of benzene rings is 1. The average Bonchev–Trinajstić information content (AvgIpc) is 2.65. The van der Waals surface area contributed by atoms with Crippen molar-refractivity contribution in [1.29, 1.82) is 0 Å². The molecule has 2 nitrogen and oxygen atoms in total. The molecule has 1 aromatic rings. The second kappa shape index (κ2) is 15.9. The molecular formula is C24H38O2. The minimum Gasteiger partial charge on any atom is -0.379 e. The second-order valence-electron chi connectivity index (χ2n) is 7.31. The SMILES string of the molecule is C#Cc1ccc(CCCCCCCCCCCOCCOC(C)C)cc1. The molecule has 2 heteroatoms. The summed E-state index contributed by atoms with van der Waals surface area (Å²) in [5.41, 5.74) is 2.38. The van der Waals surface area contributed by atoms with Crippen LogP contribution in [-0.2, 0) is 15.9 Å².